The van der Waals surface area contributed by atoms with Gasteiger partial charge >= 0.3 is 0 Å². The van der Waals surface area contributed by atoms with Crippen LogP contribution in [0.4, 0.5) is 17.3 Å². The molecule has 0 amide bonds. The van der Waals surface area contributed by atoms with Crippen molar-refractivity contribution in [1.29, 1.82) is 0 Å². The summed E-state index contributed by atoms with van der Waals surface area (Å²) < 4.78 is 7.16. The summed E-state index contributed by atoms with van der Waals surface area (Å²) in [6.45, 7) is 3.28. The van der Waals surface area contributed by atoms with Crippen molar-refractivity contribution in [2.45, 2.75) is 0 Å². The molecular weight excluding hydrogens is 390 g/mol. The number of morpholine rings is 1. The number of anilines is 3. The van der Waals surface area contributed by atoms with E-state index < -0.39 is 0 Å². The molecule has 0 bridgehead atoms. The van der Waals surface area contributed by atoms with Gasteiger partial charge in [0.05, 0.1) is 35.6 Å². The maximum atomic E-state index is 6.52. The van der Waals surface area contributed by atoms with Crippen molar-refractivity contribution in [2.24, 2.45) is 7.05 Å². The van der Waals surface area contributed by atoms with Gasteiger partial charge in [-0.15, -0.1) is 5.10 Å². The minimum atomic E-state index is 0.593. The first-order chi connectivity index (χ1) is 14.2. The van der Waals surface area contributed by atoms with Crippen LogP contribution in [0.1, 0.15) is 0 Å². The number of aromatic nitrogens is 5. The van der Waals surface area contributed by atoms with Gasteiger partial charge < -0.3 is 15.0 Å². The summed E-state index contributed by atoms with van der Waals surface area (Å²) in [5, 5.41) is 16.3. The van der Waals surface area contributed by atoms with Crippen LogP contribution in [0.5, 0.6) is 0 Å². The molecule has 9 heteroatoms. The standard InChI is InChI=1S/C20H20ClN7O/c1-27-20(23-17-6-5-16-15(18(17)21)12-22-25-16)24-19(26-27)13-3-2-4-14(11-13)28-7-9-29-10-8-28/h2-6,11-12H,7-10H2,1H3,(H,22,25)(H,23,24,26). The summed E-state index contributed by atoms with van der Waals surface area (Å²) in [6, 6.07) is 12.1. The van der Waals surface area contributed by atoms with E-state index in [4.69, 9.17) is 16.3 Å². The molecule has 1 saturated heterocycles. The molecule has 1 aliphatic heterocycles. The molecule has 1 fully saturated rings. The Kier molecular flexibility index (Phi) is 4.57. The van der Waals surface area contributed by atoms with Crippen molar-refractivity contribution < 1.29 is 4.74 Å². The molecule has 2 aromatic heterocycles. The fourth-order valence-electron chi connectivity index (χ4n) is 3.48. The lowest BCUT2D eigenvalue weighted by Crippen LogP contribution is -2.36. The second-order valence-electron chi connectivity index (χ2n) is 6.92. The Bertz CT molecular complexity index is 1160. The summed E-state index contributed by atoms with van der Waals surface area (Å²) in [4.78, 5) is 7.00. The van der Waals surface area contributed by atoms with Gasteiger partial charge in [-0.3, -0.25) is 5.10 Å². The van der Waals surface area contributed by atoms with E-state index in [0.29, 0.717) is 16.8 Å². The third-order valence-corrected chi connectivity index (χ3v) is 5.46. The third kappa shape index (κ3) is 3.41. The van der Waals surface area contributed by atoms with Crippen LogP contribution < -0.4 is 10.2 Å². The Hall–Kier alpha value is -3.10. The minimum absolute atomic E-state index is 0.593. The van der Waals surface area contributed by atoms with Crippen molar-refractivity contribution in [3.05, 3.63) is 47.6 Å². The van der Waals surface area contributed by atoms with Gasteiger partial charge in [0, 0.05) is 36.8 Å². The van der Waals surface area contributed by atoms with E-state index in [0.717, 1.165) is 54.1 Å². The Labute approximate surface area is 172 Å². The SMILES string of the molecule is Cn1nc(-c2cccc(N3CCOCC3)c2)nc1Nc1ccc2[nH]ncc2c1Cl. The van der Waals surface area contributed by atoms with Gasteiger partial charge in [-0.2, -0.15) is 10.1 Å². The molecule has 5 rings (SSSR count). The van der Waals surface area contributed by atoms with Gasteiger partial charge in [0.1, 0.15) is 0 Å². The minimum Gasteiger partial charge on any atom is -0.378 e. The first-order valence-corrected chi connectivity index (χ1v) is 9.79. The summed E-state index contributed by atoms with van der Waals surface area (Å²) in [7, 11) is 1.86. The fourth-order valence-corrected chi connectivity index (χ4v) is 3.74. The highest BCUT2D eigenvalue weighted by atomic mass is 35.5. The molecule has 0 aliphatic carbocycles. The van der Waals surface area contributed by atoms with Gasteiger partial charge in [-0.25, -0.2) is 4.68 Å². The molecule has 0 atom stereocenters. The smallest absolute Gasteiger partial charge is 0.225 e. The summed E-state index contributed by atoms with van der Waals surface area (Å²) >= 11 is 6.52. The molecular formula is C20H20ClN7O. The zero-order chi connectivity index (χ0) is 19.8. The van der Waals surface area contributed by atoms with Gasteiger partial charge in [0.25, 0.3) is 0 Å². The van der Waals surface area contributed by atoms with Crippen LogP contribution in [0.2, 0.25) is 5.02 Å². The van der Waals surface area contributed by atoms with Gasteiger partial charge in [-0.1, -0.05) is 23.7 Å². The first kappa shape index (κ1) is 18.0. The largest absolute Gasteiger partial charge is 0.378 e. The Morgan fingerprint density at radius 2 is 2.03 bits per heavy atom. The number of benzene rings is 2. The predicted octanol–water partition coefficient (Wildman–Crippen LogP) is 3.59. The van der Waals surface area contributed by atoms with E-state index in [1.165, 1.54) is 0 Å². The Morgan fingerprint density at radius 1 is 1.17 bits per heavy atom. The van der Waals surface area contributed by atoms with Crippen molar-refractivity contribution in [2.75, 3.05) is 36.5 Å². The maximum Gasteiger partial charge on any atom is 0.225 e. The van der Waals surface area contributed by atoms with Crippen LogP contribution in [-0.2, 0) is 11.8 Å². The Balaban J connectivity index is 1.43. The lowest BCUT2D eigenvalue weighted by molar-refractivity contribution is 0.122. The molecule has 148 valence electrons. The van der Waals surface area contributed by atoms with E-state index in [9.17, 15) is 0 Å². The summed E-state index contributed by atoms with van der Waals surface area (Å²) in [5.74, 6) is 1.27. The maximum absolute atomic E-state index is 6.52. The molecule has 1 aliphatic rings. The number of hydrogen-bond donors (Lipinski definition) is 2. The van der Waals surface area contributed by atoms with Crippen molar-refractivity contribution in [1.82, 2.24) is 25.0 Å². The zero-order valence-corrected chi connectivity index (χ0v) is 16.6. The predicted molar refractivity (Wildman–Crippen MR) is 114 cm³/mol. The number of rotatable bonds is 4. The molecule has 29 heavy (non-hydrogen) atoms. The number of nitrogens with zero attached hydrogens (tertiary/aromatic N) is 5. The number of hydrogen-bond acceptors (Lipinski definition) is 6. The second kappa shape index (κ2) is 7.38. The van der Waals surface area contributed by atoms with Gasteiger partial charge in [0.2, 0.25) is 5.95 Å². The number of ether oxygens (including phenoxy) is 1. The van der Waals surface area contributed by atoms with Crippen LogP contribution in [0.3, 0.4) is 0 Å². The topological polar surface area (TPSA) is 83.9 Å². The van der Waals surface area contributed by atoms with E-state index in [2.05, 4.69) is 42.6 Å². The van der Waals surface area contributed by atoms with Crippen LogP contribution in [0, 0.1) is 0 Å². The number of halogens is 1. The molecule has 0 unspecified atom stereocenters. The van der Waals surface area contributed by atoms with Crippen LogP contribution in [0.15, 0.2) is 42.6 Å². The summed E-state index contributed by atoms with van der Waals surface area (Å²) in [6.07, 6.45) is 1.71. The number of aryl methyl sites for hydroxylation is 1. The average molecular weight is 410 g/mol. The van der Waals surface area contributed by atoms with E-state index >= 15 is 0 Å². The lowest BCUT2D eigenvalue weighted by atomic mass is 10.1. The molecule has 2 aromatic carbocycles. The highest BCUT2D eigenvalue weighted by molar-refractivity contribution is 6.38. The van der Waals surface area contributed by atoms with Crippen LogP contribution >= 0.6 is 11.6 Å². The average Bonchev–Trinajstić information content (AvgIpc) is 3.38. The van der Waals surface area contributed by atoms with Gasteiger partial charge in [-0.05, 0) is 24.3 Å². The highest BCUT2D eigenvalue weighted by Crippen LogP contribution is 2.32. The molecule has 0 spiro atoms. The van der Waals surface area contributed by atoms with Crippen LogP contribution in [-0.4, -0.2) is 51.3 Å². The zero-order valence-electron chi connectivity index (χ0n) is 15.9. The van der Waals surface area contributed by atoms with E-state index in [1.54, 1.807) is 10.9 Å². The van der Waals surface area contributed by atoms with Crippen molar-refractivity contribution in [3.8, 4) is 11.4 Å². The molecule has 0 radical (unpaired) electrons. The number of nitrogens with one attached hydrogen (secondary N) is 2. The number of aromatic amines is 1. The number of fused-ring (bicyclic) bond motifs is 1. The normalized spacial score (nSPS) is 14.5. The quantitative estimate of drug-likeness (QED) is 0.536. The molecule has 3 heterocycles. The van der Waals surface area contributed by atoms with Crippen molar-refractivity contribution >= 4 is 39.8 Å². The summed E-state index contributed by atoms with van der Waals surface area (Å²) in [5.41, 5.74) is 3.76. The molecule has 8 nitrogen and oxygen atoms in total. The number of H-pyrrole nitrogens is 1. The van der Waals surface area contributed by atoms with Crippen LogP contribution in [0.25, 0.3) is 22.3 Å². The Morgan fingerprint density at radius 3 is 2.90 bits per heavy atom. The lowest BCUT2D eigenvalue weighted by Gasteiger charge is -2.29. The van der Waals surface area contributed by atoms with Gasteiger partial charge in [0.15, 0.2) is 5.82 Å². The van der Waals surface area contributed by atoms with E-state index in [1.807, 2.05) is 31.3 Å². The molecule has 0 saturated carbocycles. The monoisotopic (exact) mass is 409 g/mol. The second-order valence-corrected chi connectivity index (χ2v) is 7.29. The first-order valence-electron chi connectivity index (χ1n) is 9.42. The van der Waals surface area contributed by atoms with E-state index in [-0.39, 0.29) is 0 Å². The highest BCUT2D eigenvalue weighted by Gasteiger charge is 2.15. The van der Waals surface area contributed by atoms with Crippen molar-refractivity contribution in [3.63, 3.8) is 0 Å². The fraction of sp³-hybridized carbons (Fsp3) is 0.250. The molecule has 2 N–H and O–H groups in total. The molecule has 4 aromatic rings. The third-order valence-electron chi connectivity index (χ3n) is 5.05.